The molecule has 2 atom stereocenters. The highest BCUT2D eigenvalue weighted by Crippen LogP contribution is 2.33. The molecule has 0 saturated carbocycles. The molecule has 0 aliphatic heterocycles. The van der Waals surface area contributed by atoms with E-state index in [1.165, 1.54) is 13.1 Å². The average Bonchev–Trinajstić information content (AvgIpc) is 2.67. The van der Waals surface area contributed by atoms with Gasteiger partial charge in [0.2, 0.25) is 0 Å². The molecule has 2 rings (SSSR count). The molecule has 20 heavy (non-hydrogen) atoms. The van der Waals surface area contributed by atoms with Gasteiger partial charge in [-0.15, -0.1) is 5.10 Å². The summed E-state index contributed by atoms with van der Waals surface area (Å²) in [5.41, 5.74) is 0.570. The molecule has 2 heterocycles. The number of aromatic amines is 1. The third-order valence-electron chi connectivity index (χ3n) is 3.23. The van der Waals surface area contributed by atoms with E-state index >= 15 is 0 Å². The van der Waals surface area contributed by atoms with Crippen LogP contribution in [0.1, 0.15) is 26.0 Å². The highest BCUT2D eigenvalue weighted by atomic mass is 19.4. The van der Waals surface area contributed by atoms with Crippen LogP contribution in [0.15, 0.2) is 18.3 Å². The quantitative estimate of drug-likeness (QED) is 0.909. The molecule has 7 heteroatoms. The molecule has 2 unspecified atom stereocenters. The van der Waals surface area contributed by atoms with Crippen LogP contribution >= 0.6 is 0 Å². The van der Waals surface area contributed by atoms with Crippen LogP contribution in [0.2, 0.25) is 0 Å². The Bertz CT molecular complexity index is 559. The minimum Gasteiger partial charge on any atom is -0.390 e. The van der Waals surface area contributed by atoms with E-state index in [9.17, 15) is 18.3 Å². The topological polar surface area (TPSA) is 61.8 Å². The van der Waals surface area contributed by atoms with Crippen LogP contribution in [0, 0.1) is 5.92 Å². The largest absolute Gasteiger partial charge is 0.391 e. The number of aliphatic hydroxyl groups is 1. The molecule has 2 aromatic heterocycles. The molecule has 0 spiro atoms. The fourth-order valence-corrected chi connectivity index (χ4v) is 2.28. The first-order chi connectivity index (χ1) is 9.17. The Morgan fingerprint density at radius 1 is 1.40 bits per heavy atom. The first-order valence-electron chi connectivity index (χ1n) is 6.26. The molecule has 0 aliphatic carbocycles. The highest BCUT2D eigenvalue weighted by Gasteiger charge is 2.40. The van der Waals surface area contributed by atoms with E-state index < -0.39 is 17.7 Å². The molecule has 110 valence electrons. The van der Waals surface area contributed by atoms with Crippen LogP contribution in [-0.4, -0.2) is 32.1 Å². The van der Waals surface area contributed by atoms with E-state index in [1.54, 1.807) is 12.1 Å². The molecule has 0 aliphatic rings. The number of hydrogen-bond acceptors (Lipinski definition) is 3. The summed E-state index contributed by atoms with van der Waals surface area (Å²) >= 11 is 0. The van der Waals surface area contributed by atoms with Crippen molar-refractivity contribution in [1.29, 1.82) is 0 Å². The van der Waals surface area contributed by atoms with Crippen molar-refractivity contribution in [3.05, 3.63) is 24.0 Å². The molecular formula is C13H16F3N3O. The molecule has 0 saturated heterocycles. The van der Waals surface area contributed by atoms with Gasteiger partial charge in [0, 0.05) is 12.1 Å². The second-order valence-corrected chi connectivity index (χ2v) is 5.45. The molecule has 2 aromatic rings. The molecule has 0 aromatic carbocycles. The summed E-state index contributed by atoms with van der Waals surface area (Å²) in [6, 6.07) is 3.41. The van der Waals surface area contributed by atoms with Crippen LogP contribution in [0.4, 0.5) is 13.2 Å². The number of aromatic nitrogens is 3. The van der Waals surface area contributed by atoms with Crippen LogP contribution < -0.4 is 0 Å². The van der Waals surface area contributed by atoms with Crippen molar-refractivity contribution >= 4 is 11.0 Å². The van der Waals surface area contributed by atoms with Crippen molar-refractivity contribution in [3.8, 4) is 0 Å². The zero-order valence-electron chi connectivity index (χ0n) is 11.2. The molecule has 0 amide bonds. The summed E-state index contributed by atoms with van der Waals surface area (Å²) in [7, 11) is 0. The summed E-state index contributed by atoms with van der Waals surface area (Å²) < 4.78 is 37.6. The van der Waals surface area contributed by atoms with Crippen molar-refractivity contribution in [2.24, 2.45) is 5.92 Å². The first kappa shape index (κ1) is 14.8. The summed E-state index contributed by atoms with van der Waals surface area (Å²) in [4.78, 5) is 3.02. The Morgan fingerprint density at radius 3 is 2.70 bits per heavy atom. The first-order valence-corrected chi connectivity index (χ1v) is 6.26. The zero-order chi connectivity index (χ0) is 15.0. The van der Waals surface area contributed by atoms with E-state index in [4.69, 9.17) is 0 Å². The third-order valence-corrected chi connectivity index (χ3v) is 3.23. The molecule has 0 bridgehead atoms. The fourth-order valence-electron chi connectivity index (χ4n) is 2.28. The normalized spacial score (nSPS) is 17.1. The lowest BCUT2D eigenvalue weighted by molar-refractivity contribution is -0.182. The van der Waals surface area contributed by atoms with Gasteiger partial charge in [0.05, 0.1) is 23.2 Å². The molecule has 4 nitrogen and oxygen atoms in total. The number of nitrogens with zero attached hydrogens (tertiary/aromatic N) is 2. The number of H-pyrrole nitrogens is 1. The maximum absolute atomic E-state index is 12.5. The second kappa shape index (κ2) is 5.05. The summed E-state index contributed by atoms with van der Waals surface area (Å²) in [5, 5.41) is 17.8. The van der Waals surface area contributed by atoms with E-state index in [-0.39, 0.29) is 12.8 Å². The van der Waals surface area contributed by atoms with Gasteiger partial charge >= 0.3 is 6.18 Å². The van der Waals surface area contributed by atoms with Crippen LogP contribution in [-0.2, 0) is 6.42 Å². The predicted octanol–water partition coefficient (Wildman–Crippen LogP) is 2.84. The Hall–Kier alpha value is -1.63. The lowest BCUT2D eigenvalue weighted by Crippen LogP contribution is -2.34. The SMILES string of the molecule is CC(CC(C)(O)Cc1cc2nnccc2[nH]1)C(F)(F)F. The van der Waals surface area contributed by atoms with Crippen molar-refractivity contribution in [3.63, 3.8) is 0 Å². The number of alkyl halides is 3. The summed E-state index contributed by atoms with van der Waals surface area (Å²) in [5.74, 6) is -1.55. The van der Waals surface area contributed by atoms with Crippen molar-refractivity contribution < 1.29 is 18.3 Å². The lowest BCUT2D eigenvalue weighted by atomic mass is 9.89. The van der Waals surface area contributed by atoms with Gasteiger partial charge in [0.15, 0.2) is 0 Å². The second-order valence-electron chi connectivity index (χ2n) is 5.45. The Kier molecular flexibility index (Phi) is 3.73. The van der Waals surface area contributed by atoms with Crippen molar-refractivity contribution in [2.45, 2.75) is 38.5 Å². The maximum atomic E-state index is 12.5. The van der Waals surface area contributed by atoms with Gasteiger partial charge in [-0.1, -0.05) is 6.92 Å². The smallest absolute Gasteiger partial charge is 0.390 e. The molecular weight excluding hydrogens is 271 g/mol. The van der Waals surface area contributed by atoms with E-state index in [0.29, 0.717) is 11.2 Å². The van der Waals surface area contributed by atoms with Crippen LogP contribution in [0.5, 0.6) is 0 Å². The Balaban J connectivity index is 2.11. The molecule has 0 radical (unpaired) electrons. The number of rotatable bonds is 4. The van der Waals surface area contributed by atoms with Crippen LogP contribution in [0.3, 0.4) is 0 Å². The van der Waals surface area contributed by atoms with Gasteiger partial charge < -0.3 is 10.1 Å². The van der Waals surface area contributed by atoms with Gasteiger partial charge in [0.25, 0.3) is 0 Å². The van der Waals surface area contributed by atoms with Gasteiger partial charge in [-0.2, -0.15) is 18.3 Å². The fraction of sp³-hybridized carbons (Fsp3) is 0.538. The monoisotopic (exact) mass is 287 g/mol. The van der Waals surface area contributed by atoms with Gasteiger partial charge in [0.1, 0.15) is 5.52 Å². The summed E-state index contributed by atoms with van der Waals surface area (Å²) in [6.07, 6.45) is -3.02. The van der Waals surface area contributed by atoms with Crippen molar-refractivity contribution in [2.75, 3.05) is 0 Å². The van der Waals surface area contributed by atoms with E-state index in [2.05, 4.69) is 15.2 Å². The number of hydrogen-bond donors (Lipinski definition) is 2. The minimum atomic E-state index is -4.30. The van der Waals surface area contributed by atoms with Crippen LogP contribution in [0.25, 0.3) is 11.0 Å². The van der Waals surface area contributed by atoms with Crippen molar-refractivity contribution in [1.82, 2.24) is 15.2 Å². The van der Waals surface area contributed by atoms with Gasteiger partial charge in [-0.3, -0.25) is 0 Å². The lowest BCUT2D eigenvalue weighted by Gasteiger charge is -2.27. The predicted molar refractivity (Wildman–Crippen MR) is 68.1 cm³/mol. The number of nitrogens with one attached hydrogen (secondary N) is 1. The minimum absolute atomic E-state index is 0.101. The summed E-state index contributed by atoms with van der Waals surface area (Å²) in [6.45, 7) is 2.48. The zero-order valence-corrected chi connectivity index (χ0v) is 11.2. The average molecular weight is 287 g/mol. The standard InChI is InChI=1S/C13H16F3N3O/c1-8(13(14,15)16)6-12(2,20)7-9-5-11-10(18-9)3-4-17-19-11/h3-5,8,18,20H,6-7H2,1-2H3. The maximum Gasteiger partial charge on any atom is 0.391 e. The van der Waals surface area contributed by atoms with E-state index in [0.717, 1.165) is 12.4 Å². The van der Waals surface area contributed by atoms with Gasteiger partial charge in [-0.25, -0.2) is 0 Å². The Labute approximate surface area is 114 Å². The number of halogens is 3. The van der Waals surface area contributed by atoms with E-state index in [1.807, 2.05) is 0 Å². The molecule has 0 fully saturated rings. The van der Waals surface area contributed by atoms with Gasteiger partial charge in [-0.05, 0) is 25.5 Å². The third kappa shape index (κ3) is 3.47. The molecule has 2 N–H and O–H groups in total. The Morgan fingerprint density at radius 2 is 2.10 bits per heavy atom. The number of fused-ring (bicyclic) bond motifs is 1. The highest BCUT2D eigenvalue weighted by molar-refractivity contribution is 5.74.